The molecule has 1 N–H and O–H groups in total. The van der Waals surface area contributed by atoms with Gasteiger partial charge in [0.15, 0.2) is 0 Å². The van der Waals surface area contributed by atoms with Crippen molar-refractivity contribution in [3.8, 4) is 0 Å². The molecule has 2 aromatic carbocycles. The van der Waals surface area contributed by atoms with Crippen molar-refractivity contribution in [1.82, 2.24) is 5.32 Å². The minimum Gasteiger partial charge on any atom is -0.297 e. The van der Waals surface area contributed by atoms with Crippen LogP contribution < -0.4 is 5.32 Å². The number of fused-ring (bicyclic) bond motifs is 1. The van der Waals surface area contributed by atoms with Crippen LogP contribution in [-0.2, 0) is 17.0 Å². The van der Waals surface area contributed by atoms with Crippen LogP contribution in [0.5, 0.6) is 0 Å². The summed E-state index contributed by atoms with van der Waals surface area (Å²) < 4.78 is 40.1. The van der Waals surface area contributed by atoms with Crippen LogP contribution in [0.2, 0.25) is 0 Å². The second kappa shape index (κ2) is 5.64. The van der Waals surface area contributed by atoms with Crippen LogP contribution in [-0.4, -0.2) is 0 Å². The molecule has 1 nitrogen and oxygen atoms in total. The topological polar surface area (TPSA) is 12.0 Å². The summed E-state index contributed by atoms with van der Waals surface area (Å²) in [5.41, 5.74) is 2.35. The van der Waals surface area contributed by atoms with Crippen molar-refractivity contribution in [3.05, 3.63) is 70.3 Å². The van der Waals surface area contributed by atoms with E-state index in [2.05, 4.69) is 21.2 Å². The normalized spacial score (nSPS) is 19.7. The second-order valence-electron chi connectivity index (χ2n) is 6.34. The summed E-state index contributed by atoms with van der Waals surface area (Å²) >= 11 is 3.42. The van der Waals surface area contributed by atoms with E-state index >= 15 is 0 Å². The van der Waals surface area contributed by atoms with Crippen molar-refractivity contribution >= 4 is 15.9 Å². The molecule has 122 valence electrons. The van der Waals surface area contributed by atoms with Gasteiger partial charge in [0.25, 0.3) is 0 Å². The van der Waals surface area contributed by atoms with Gasteiger partial charge in [-0.05, 0) is 42.2 Å². The lowest BCUT2D eigenvalue weighted by atomic mass is 9.90. The second-order valence-corrected chi connectivity index (χ2v) is 6.90. The molecule has 0 saturated heterocycles. The molecule has 0 fully saturated rings. The van der Waals surface area contributed by atoms with E-state index in [-0.39, 0.29) is 11.1 Å². The predicted octanol–water partition coefficient (Wildman–Crippen LogP) is 5.53. The zero-order chi connectivity index (χ0) is 16.8. The van der Waals surface area contributed by atoms with E-state index < -0.39 is 17.8 Å². The largest absolute Gasteiger partial charge is 0.416 e. The van der Waals surface area contributed by atoms with Gasteiger partial charge in [0, 0.05) is 10.9 Å². The van der Waals surface area contributed by atoms with Crippen molar-refractivity contribution in [2.24, 2.45) is 0 Å². The maximum absolute atomic E-state index is 13.4. The fourth-order valence-corrected chi connectivity index (χ4v) is 3.62. The van der Waals surface area contributed by atoms with Gasteiger partial charge in [-0.2, -0.15) is 13.2 Å². The van der Waals surface area contributed by atoms with Crippen molar-refractivity contribution in [1.29, 1.82) is 0 Å². The fraction of sp³-hybridized carbons (Fsp3) is 0.333. The van der Waals surface area contributed by atoms with Gasteiger partial charge in [-0.15, -0.1) is 0 Å². The maximum atomic E-state index is 13.4. The molecule has 0 aromatic heterocycles. The molecule has 23 heavy (non-hydrogen) atoms. The summed E-state index contributed by atoms with van der Waals surface area (Å²) in [6.45, 7) is 3.99. The smallest absolute Gasteiger partial charge is 0.297 e. The summed E-state index contributed by atoms with van der Waals surface area (Å²) in [6, 6.07) is 11.3. The molecule has 1 aliphatic heterocycles. The Morgan fingerprint density at radius 2 is 1.78 bits per heavy atom. The Bertz CT molecular complexity index is 737. The third-order valence-corrected chi connectivity index (χ3v) is 4.98. The SMILES string of the molecule is CC1(C)NC(c2ccccc2C(F)(F)F)c2cc(CBr)ccc21. The third kappa shape index (κ3) is 2.92. The zero-order valence-corrected chi connectivity index (χ0v) is 14.4. The van der Waals surface area contributed by atoms with Gasteiger partial charge in [0.05, 0.1) is 11.6 Å². The summed E-state index contributed by atoms with van der Waals surface area (Å²) in [6.07, 6.45) is -4.36. The highest BCUT2D eigenvalue weighted by Crippen LogP contribution is 2.44. The number of halogens is 4. The fourth-order valence-electron chi connectivity index (χ4n) is 3.27. The van der Waals surface area contributed by atoms with Crippen LogP contribution in [0, 0.1) is 0 Å². The zero-order valence-electron chi connectivity index (χ0n) is 12.8. The minimum absolute atomic E-state index is 0.276. The summed E-state index contributed by atoms with van der Waals surface area (Å²) in [5.74, 6) is 0. The molecule has 1 aliphatic rings. The van der Waals surface area contributed by atoms with Gasteiger partial charge in [-0.3, -0.25) is 5.32 Å². The summed E-state index contributed by atoms with van der Waals surface area (Å²) in [4.78, 5) is 0. The molecule has 3 rings (SSSR count). The van der Waals surface area contributed by atoms with Gasteiger partial charge < -0.3 is 0 Å². The Labute approximate surface area is 142 Å². The Kier molecular flexibility index (Phi) is 4.05. The van der Waals surface area contributed by atoms with Gasteiger partial charge in [-0.1, -0.05) is 52.3 Å². The third-order valence-electron chi connectivity index (χ3n) is 4.34. The van der Waals surface area contributed by atoms with Crippen LogP contribution in [0.15, 0.2) is 42.5 Å². The molecule has 0 amide bonds. The molecule has 1 unspecified atom stereocenters. The van der Waals surface area contributed by atoms with Crippen LogP contribution in [0.4, 0.5) is 13.2 Å². The maximum Gasteiger partial charge on any atom is 0.416 e. The highest BCUT2D eigenvalue weighted by molar-refractivity contribution is 9.08. The van der Waals surface area contributed by atoms with Gasteiger partial charge >= 0.3 is 6.18 Å². The Morgan fingerprint density at radius 1 is 1.09 bits per heavy atom. The van der Waals surface area contributed by atoms with Crippen molar-refractivity contribution in [3.63, 3.8) is 0 Å². The van der Waals surface area contributed by atoms with E-state index in [0.717, 1.165) is 22.8 Å². The molecule has 0 bridgehead atoms. The van der Waals surface area contributed by atoms with Gasteiger partial charge in [0.1, 0.15) is 0 Å². The summed E-state index contributed by atoms with van der Waals surface area (Å²) in [5, 5.41) is 4.04. The number of benzene rings is 2. The molecular formula is C18H17BrF3N. The first-order valence-electron chi connectivity index (χ1n) is 7.37. The van der Waals surface area contributed by atoms with E-state index in [1.165, 1.54) is 6.07 Å². The van der Waals surface area contributed by atoms with Gasteiger partial charge in [-0.25, -0.2) is 0 Å². The number of hydrogen-bond acceptors (Lipinski definition) is 1. The standard InChI is InChI=1S/C18H17BrF3N/c1-17(2)14-8-7-11(10-19)9-13(14)16(23-17)12-5-3-4-6-15(12)18(20,21)22/h3-9,16,23H,10H2,1-2H3. The Morgan fingerprint density at radius 3 is 2.43 bits per heavy atom. The molecule has 0 radical (unpaired) electrons. The first kappa shape index (κ1) is 16.5. The number of nitrogens with one attached hydrogen (secondary N) is 1. The van der Waals surface area contributed by atoms with Crippen LogP contribution in [0.3, 0.4) is 0 Å². The lowest BCUT2D eigenvalue weighted by molar-refractivity contribution is -0.138. The molecular weight excluding hydrogens is 367 g/mol. The highest BCUT2D eigenvalue weighted by Gasteiger charge is 2.41. The average Bonchev–Trinajstić information content (AvgIpc) is 2.77. The number of hydrogen-bond donors (Lipinski definition) is 1. The molecule has 0 spiro atoms. The number of alkyl halides is 4. The first-order valence-corrected chi connectivity index (χ1v) is 8.49. The van der Waals surface area contributed by atoms with E-state index in [1.807, 2.05) is 32.0 Å². The first-order chi connectivity index (χ1) is 10.7. The Hall–Kier alpha value is -1.33. The lowest BCUT2D eigenvalue weighted by Gasteiger charge is -2.23. The van der Waals surface area contributed by atoms with E-state index in [1.54, 1.807) is 12.1 Å². The molecule has 5 heteroatoms. The van der Waals surface area contributed by atoms with Crippen molar-refractivity contribution in [2.45, 2.75) is 36.9 Å². The van der Waals surface area contributed by atoms with Crippen LogP contribution in [0.25, 0.3) is 0 Å². The molecule has 0 saturated carbocycles. The summed E-state index contributed by atoms with van der Waals surface area (Å²) in [7, 11) is 0. The molecule has 1 heterocycles. The van der Waals surface area contributed by atoms with E-state index in [0.29, 0.717) is 5.33 Å². The minimum atomic E-state index is -4.36. The molecule has 2 aromatic rings. The quantitative estimate of drug-likeness (QED) is 0.672. The average molecular weight is 384 g/mol. The lowest BCUT2D eigenvalue weighted by Crippen LogP contribution is -2.32. The number of rotatable bonds is 2. The van der Waals surface area contributed by atoms with E-state index in [4.69, 9.17) is 0 Å². The van der Waals surface area contributed by atoms with Crippen molar-refractivity contribution in [2.75, 3.05) is 0 Å². The highest BCUT2D eigenvalue weighted by atomic mass is 79.9. The Balaban J connectivity index is 2.18. The van der Waals surface area contributed by atoms with Crippen molar-refractivity contribution < 1.29 is 13.2 Å². The van der Waals surface area contributed by atoms with Crippen LogP contribution >= 0.6 is 15.9 Å². The predicted molar refractivity (Wildman–Crippen MR) is 88.5 cm³/mol. The van der Waals surface area contributed by atoms with Crippen LogP contribution in [0.1, 0.15) is 47.7 Å². The van der Waals surface area contributed by atoms with Gasteiger partial charge in [0.2, 0.25) is 0 Å². The van der Waals surface area contributed by atoms with E-state index in [9.17, 15) is 13.2 Å². The molecule has 1 atom stereocenters. The molecule has 0 aliphatic carbocycles. The monoisotopic (exact) mass is 383 g/mol.